The number of amides is 2. The fourth-order valence-electron chi connectivity index (χ4n) is 6.27. The fraction of sp³-hybridized carbons (Fsp3) is 0.128. The molecule has 1 unspecified atom stereocenters. The number of β-lactam (4-membered cyclic amide) rings is 1. The zero-order valence-corrected chi connectivity index (χ0v) is 30.9. The van der Waals surface area contributed by atoms with Gasteiger partial charge in [-0.05, 0) is 45.9 Å². The molecule has 55 heavy (non-hydrogen) atoms. The average molecular weight is 797 g/mol. The first kappa shape index (κ1) is 37.5. The van der Waals surface area contributed by atoms with E-state index in [-0.39, 0.29) is 17.1 Å². The van der Waals surface area contributed by atoms with E-state index < -0.39 is 47.1 Å². The third-order valence-electron chi connectivity index (χ3n) is 8.70. The van der Waals surface area contributed by atoms with Crippen molar-refractivity contribution >= 4 is 63.5 Å². The molecule has 0 radical (unpaired) electrons. The number of fused-ring (bicyclic) bond motifs is 1. The van der Waals surface area contributed by atoms with Gasteiger partial charge in [0, 0.05) is 28.4 Å². The number of pyridine rings is 1. The van der Waals surface area contributed by atoms with Gasteiger partial charge in [-0.1, -0.05) is 108 Å². The van der Waals surface area contributed by atoms with Crippen LogP contribution in [0.1, 0.15) is 22.4 Å². The lowest BCUT2D eigenvalue weighted by molar-refractivity contribution is -0.150. The predicted molar refractivity (Wildman–Crippen MR) is 207 cm³/mol. The van der Waals surface area contributed by atoms with Gasteiger partial charge >= 0.3 is 12.6 Å². The summed E-state index contributed by atoms with van der Waals surface area (Å²) >= 11 is 3.71. The number of nitrogens with zero attached hydrogens (tertiary/aromatic N) is 4. The molecule has 2 amide bonds. The summed E-state index contributed by atoms with van der Waals surface area (Å²) in [5.74, 6) is -2.75. The minimum atomic E-state index is -3.35. The average Bonchev–Trinajstić information content (AvgIpc) is 3.67. The number of alkyl halides is 2. The topological polar surface area (TPSA) is 146 Å². The van der Waals surface area contributed by atoms with Crippen LogP contribution in [0.5, 0.6) is 0 Å². The molecule has 1 fully saturated rings. The number of carboxylic acids is 1. The van der Waals surface area contributed by atoms with E-state index in [1.54, 1.807) is 29.9 Å². The van der Waals surface area contributed by atoms with Crippen LogP contribution >= 0.6 is 34.9 Å². The van der Waals surface area contributed by atoms with Crippen LogP contribution in [0.25, 0.3) is 0 Å². The van der Waals surface area contributed by atoms with Crippen LogP contribution in [-0.4, -0.2) is 67.2 Å². The van der Waals surface area contributed by atoms with Crippen LogP contribution < -0.4 is 10.6 Å². The molecule has 2 atom stereocenters. The van der Waals surface area contributed by atoms with E-state index in [0.717, 1.165) is 37.8 Å². The minimum Gasteiger partial charge on any atom is -0.477 e. The molecule has 0 spiro atoms. The normalized spacial score (nSPS) is 17.2. The molecule has 1 saturated heterocycles. The number of benzene rings is 3. The van der Waals surface area contributed by atoms with Crippen molar-refractivity contribution in [1.82, 2.24) is 20.2 Å². The number of halogens is 2. The van der Waals surface area contributed by atoms with Crippen molar-refractivity contribution in [1.29, 1.82) is 0 Å². The van der Waals surface area contributed by atoms with Crippen LogP contribution in [0, 0.1) is 0 Å². The lowest BCUT2D eigenvalue weighted by Crippen LogP contribution is -2.71. The van der Waals surface area contributed by atoms with E-state index >= 15 is 0 Å². The summed E-state index contributed by atoms with van der Waals surface area (Å²) in [7, 11) is 0. The molecule has 7 rings (SSSR count). The number of nitrogens with one attached hydrogen (secondary N) is 2. The van der Waals surface area contributed by atoms with Crippen molar-refractivity contribution in [3.63, 3.8) is 0 Å². The maximum atomic E-state index is 13.7. The molecule has 2 aliphatic rings. The maximum Gasteiger partial charge on any atom is 0.407 e. The highest BCUT2D eigenvalue weighted by Gasteiger charge is 2.54. The van der Waals surface area contributed by atoms with Crippen LogP contribution in [0.3, 0.4) is 0 Å². The van der Waals surface area contributed by atoms with Crippen LogP contribution in [-0.2, 0) is 24.8 Å². The number of allylic oxidation sites excluding steroid dienone is 1. The Morgan fingerprint density at radius 2 is 1.62 bits per heavy atom. The highest BCUT2D eigenvalue weighted by atomic mass is 32.2. The van der Waals surface area contributed by atoms with Crippen LogP contribution in [0.15, 0.2) is 154 Å². The lowest BCUT2D eigenvalue weighted by atomic mass is 9.77. The van der Waals surface area contributed by atoms with Crippen molar-refractivity contribution < 1.29 is 33.1 Å². The number of aliphatic carboxylic acids is 1. The molecule has 0 bridgehead atoms. The van der Waals surface area contributed by atoms with Gasteiger partial charge in [0.25, 0.3) is 11.8 Å². The highest BCUT2D eigenvalue weighted by Crippen LogP contribution is 2.42. The van der Waals surface area contributed by atoms with Gasteiger partial charge < -0.3 is 20.6 Å². The third kappa shape index (κ3) is 7.87. The van der Waals surface area contributed by atoms with Gasteiger partial charge in [-0.25, -0.2) is 9.78 Å². The number of hydrogen-bond donors (Lipinski definition) is 3. The number of hydrogen-bond acceptors (Lipinski definition) is 11. The van der Waals surface area contributed by atoms with Crippen molar-refractivity contribution in [2.75, 3.05) is 11.1 Å². The van der Waals surface area contributed by atoms with Gasteiger partial charge in [-0.2, -0.15) is 8.78 Å². The minimum absolute atomic E-state index is 0.0849. The van der Waals surface area contributed by atoms with Gasteiger partial charge in [0.15, 0.2) is 10.8 Å². The molecule has 3 N–H and O–H groups in total. The van der Waals surface area contributed by atoms with Crippen molar-refractivity contribution in [3.8, 4) is 0 Å². The number of carbonyl (C=O) groups is 3. The molecular formula is C39H30F2N6O5S3. The molecule has 2 aliphatic heterocycles. The van der Waals surface area contributed by atoms with Gasteiger partial charge in [-0.15, -0.1) is 23.1 Å². The Morgan fingerprint density at radius 3 is 2.18 bits per heavy atom. The summed E-state index contributed by atoms with van der Waals surface area (Å²) in [6, 6.07) is 31.6. The standard InChI is InChI=1S/C39H30F2N6O5S3/c40-37(41)52-46-30(33(48)44-31-34(49)47-32(36(50)51)24(22-54-35(31)47)18-20-53-28-17-10-19-42-21-28)29-23-55-38(43-29)45-39(25-11-4-1-5-12-25,26-13-6-2-7-14-26)27-15-8-3-9-16-27/h1-21,23,31,35,37H,22H2,(H,43,45)(H,44,48)(H,50,51)/b20-18+,46-30+/t31?,35-/m1/s1. The first-order chi connectivity index (χ1) is 26.8. The van der Waals surface area contributed by atoms with Crippen molar-refractivity contribution in [3.05, 3.63) is 166 Å². The number of oxime groups is 1. The molecule has 11 nitrogen and oxygen atoms in total. The van der Waals surface area contributed by atoms with Crippen molar-refractivity contribution in [2.45, 2.75) is 28.5 Å². The van der Waals surface area contributed by atoms with E-state index in [4.69, 9.17) is 0 Å². The van der Waals surface area contributed by atoms with Gasteiger partial charge in [0.2, 0.25) is 0 Å². The zero-order valence-electron chi connectivity index (χ0n) is 28.5. The molecule has 3 aromatic carbocycles. The molecule has 5 aromatic rings. The Balaban J connectivity index is 1.15. The number of aromatic nitrogens is 2. The Morgan fingerprint density at radius 1 is 0.982 bits per heavy atom. The molecule has 0 aliphatic carbocycles. The molecule has 0 saturated carbocycles. The summed E-state index contributed by atoms with van der Waals surface area (Å²) in [6.45, 7) is -3.35. The van der Waals surface area contributed by atoms with E-state index in [0.29, 0.717) is 10.7 Å². The maximum absolute atomic E-state index is 13.7. The summed E-state index contributed by atoms with van der Waals surface area (Å²) < 4.78 is 26.6. The highest BCUT2D eigenvalue weighted by molar-refractivity contribution is 8.02. The van der Waals surface area contributed by atoms with Crippen LogP contribution in [0.4, 0.5) is 13.9 Å². The second-order valence-corrected chi connectivity index (χ2v) is 14.9. The first-order valence-electron chi connectivity index (χ1n) is 16.6. The zero-order chi connectivity index (χ0) is 38.4. The number of carboxylic acid groups (broad SMARTS) is 1. The number of thiazole rings is 1. The van der Waals surface area contributed by atoms with Gasteiger partial charge in [0.05, 0.1) is 0 Å². The summed E-state index contributed by atoms with van der Waals surface area (Å²) in [4.78, 5) is 54.4. The number of rotatable bonds is 14. The molecule has 4 heterocycles. The van der Waals surface area contributed by atoms with Crippen LogP contribution in [0.2, 0.25) is 0 Å². The molecule has 278 valence electrons. The number of thioether (sulfide) groups is 2. The van der Waals surface area contributed by atoms with Crippen molar-refractivity contribution in [2.24, 2.45) is 5.16 Å². The SMILES string of the molecule is O=C(O)C1=C(/C=C/Sc2cccnc2)CS[C@@H]2C(NC(=O)/C(=N/OC(F)F)c3csc(NC(c4ccccc4)(c4ccccc4)c4ccccc4)n3)C(=O)N12. The predicted octanol–water partition coefficient (Wildman–Crippen LogP) is 6.93. The summed E-state index contributed by atoms with van der Waals surface area (Å²) in [6.07, 6.45) is 4.94. The van der Waals surface area contributed by atoms with Gasteiger partial charge in [0.1, 0.15) is 28.3 Å². The second kappa shape index (κ2) is 16.7. The Hall–Kier alpha value is -5.84. The molecular weight excluding hydrogens is 767 g/mol. The third-order valence-corrected chi connectivity index (χ3v) is 11.5. The quantitative estimate of drug-likeness (QED) is 0.0356. The lowest BCUT2D eigenvalue weighted by Gasteiger charge is -2.49. The fourth-order valence-corrected chi connectivity index (χ4v) is 9.01. The Bertz CT molecular complexity index is 2160. The number of anilines is 1. The Kier molecular flexibility index (Phi) is 11.4. The van der Waals surface area contributed by atoms with Gasteiger partial charge in [-0.3, -0.25) is 19.5 Å². The molecule has 16 heteroatoms. The Labute approximate surface area is 326 Å². The summed E-state index contributed by atoms with van der Waals surface area (Å²) in [5, 5.41) is 22.4. The number of carbonyl (C=O) groups excluding carboxylic acids is 2. The monoisotopic (exact) mass is 796 g/mol. The van der Waals surface area contributed by atoms with E-state index in [1.807, 2.05) is 97.1 Å². The molecule has 2 aromatic heterocycles. The van der Waals surface area contributed by atoms with E-state index in [9.17, 15) is 28.3 Å². The second-order valence-electron chi connectivity index (χ2n) is 12.0. The first-order valence-corrected chi connectivity index (χ1v) is 19.4. The largest absolute Gasteiger partial charge is 0.477 e. The van der Waals surface area contributed by atoms with E-state index in [1.165, 1.54) is 28.9 Å². The summed E-state index contributed by atoms with van der Waals surface area (Å²) in [5.41, 5.74) is 1.21. The van der Waals surface area contributed by atoms with E-state index in [2.05, 4.69) is 30.6 Å². The smallest absolute Gasteiger partial charge is 0.407 e.